The van der Waals surface area contributed by atoms with E-state index in [-0.39, 0.29) is 0 Å². The van der Waals surface area contributed by atoms with Crippen LogP contribution < -0.4 is 0 Å². The lowest BCUT2D eigenvalue weighted by atomic mass is 10.0. The van der Waals surface area contributed by atoms with Crippen molar-refractivity contribution in [2.24, 2.45) is 0 Å². The highest BCUT2D eigenvalue weighted by Crippen LogP contribution is 2.27. The summed E-state index contributed by atoms with van der Waals surface area (Å²) in [6.07, 6.45) is 0.317. The minimum atomic E-state index is -0.727. The zero-order chi connectivity index (χ0) is 16.4. The number of hydrogen-bond donors (Lipinski definition) is 3. The molecule has 2 aromatic carbocycles. The van der Waals surface area contributed by atoms with Crippen LogP contribution in [0.5, 0.6) is 0 Å². The summed E-state index contributed by atoms with van der Waals surface area (Å²) in [5.74, 6) is 0. The van der Waals surface area contributed by atoms with Gasteiger partial charge in [-0.3, -0.25) is 0 Å². The predicted octanol–water partition coefficient (Wildman–Crippen LogP) is 3.79. The third-order valence-corrected chi connectivity index (χ3v) is 4.12. The van der Waals surface area contributed by atoms with Crippen molar-refractivity contribution in [2.45, 2.75) is 26.1 Å². The molecule has 118 valence electrons. The number of aromatic nitrogens is 1. The normalized spacial score (nSPS) is 13.7. The Morgan fingerprint density at radius 2 is 1.17 bits per heavy atom. The molecule has 0 saturated carbocycles. The van der Waals surface area contributed by atoms with Gasteiger partial charge < -0.3 is 15.2 Å². The van der Waals surface area contributed by atoms with Crippen molar-refractivity contribution in [3.8, 4) is 0 Å². The maximum atomic E-state index is 10.5. The average molecular weight is 307 g/mol. The van der Waals surface area contributed by atoms with Gasteiger partial charge in [-0.2, -0.15) is 0 Å². The molecule has 3 nitrogen and oxygen atoms in total. The van der Waals surface area contributed by atoms with Crippen LogP contribution in [0, 0.1) is 13.8 Å². The highest BCUT2D eigenvalue weighted by molar-refractivity contribution is 5.35. The first kappa shape index (κ1) is 15.5. The fraction of sp³-hybridized carbons (Fsp3) is 0.200. The van der Waals surface area contributed by atoms with Gasteiger partial charge in [-0.1, -0.05) is 59.7 Å². The Labute approximate surface area is 136 Å². The summed E-state index contributed by atoms with van der Waals surface area (Å²) in [6.45, 7) is 4.03. The molecule has 1 aromatic heterocycles. The molecular formula is C20H21NO2. The van der Waals surface area contributed by atoms with E-state index < -0.39 is 12.2 Å². The van der Waals surface area contributed by atoms with Gasteiger partial charge in [-0.15, -0.1) is 0 Å². The van der Waals surface area contributed by atoms with Gasteiger partial charge in [-0.25, -0.2) is 0 Å². The number of H-pyrrole nitrogens is 1. The van der Waals surface area contributed by atoms with E-state index >= 15 is 0 Å². The third kappa shape index (κ3) is 3.36. The van der Waals surface area contributed by atoms with Crippen molar-refractivity contribution in [3.63, 3.8) is 0 Å². The van der Waals surface area contributed by atoms with Crippen molar-refractivity contribution in [3.05, 3.63) is 94.3 Å². The Morgan fingerprint density at radius 3 is 1.70 bits per heavy atom. The predicted molar refractivity (Wildman–Crippen MR) is 91.3 cm³/mol. The Balaban J connectivity index is 1.82. The van der Waals surface area contributed by atoms with Gasteiger partial charge >= 0.3 is 0 Å². The fourth-order valence-electron chi connectivity index (χ4n) is 2.61. The summed E-state index contributed by atoms with van der Waals surface area (Å²) >= 11 is 0. The maximum Gasteiger partial charge on any atom is 0.119 e. The molecule has 0 bridgehead atoms. The molecule has 3 heteroatoms. The lowest BCUT2D eigenvalue weighted by Crippen LogP contribution is -2.00. The number of rotatable bonds is 4. The van der Waals surface area contributed by atoms with E-state index in [1.54, 1.807) is 6.20 Å². The molecule has 3 aromatic rings. The second-order valence-electron chi connectivity index (χ2n) is 6.01. The number of hydrogen-bond acceptors (Lipinski definition) is 2. The fourth-order valence-corrected chi connectivity index (χ4v) is 2.61. The lowest BCUT2D eigenvalue weighted by Gasteiger charge is -2.10. The van der Waals surface area contributed by atoms with Gasteiger partial charge in [0, 0.05) is 17.5 Å². The Kier molecular flexibility index (Phi) is 4.33. The summed E-state index contributed by atoms with van der Waals surface area (Å²) in [5, 5.41) is 21.0. The molecule has 2 unspecified atom stereocenters. The van der Waals surface area contributed by atoms with E-state index in [1.165, 1.54) is 0 Å². The van der Waals surface area contributed by atoms with Crippen LogP contribution in [0.15, 0.2) is 60.8 Å². The second-order valence-corrected chi connectivity index (χ2v) is 6.01. The average Bonchev–Trinajstić information content (AvgIpc) is 3.05. The van der Waals surface area contributed by atoms with Crippen LogP contribution in [-0.4, -0.2) is 15.2 Å². The molecule has 2 atom stereocenters. The molecule has 0 saturated heterocycles. The number of aryl methyl sites for hydroxylation is 2. The molecule has 0 spiro atoms. The lowest BCUT2D eigenvalue weighted by molar-refractivity contribution is 0.214. The van der Waals surface area contributed by atoms with Crippen molar-refractivity contribution < 1.29 is 10.2 Å². The minimum Gasteiger partial charge on any atom is -0.384 e. The topological polar surface area (TPSA) is 56.2 Å². The zero-order valence-corrected chi connectivity index (χ0v) is 13.3. The van der Waals surface area contributed by atoms with E-state index in [0.29, 0.717) is 5.69 Å². The Morgan fingerprint density at radius 1 is 0.696 bits per heavy atom. The first-order valence-electron chi connectivity index (χ1n) is 7.72. The summed E-state index contributed by atoms with van der Waals surface area (Å²) in [7, 11) is 0. The van der Waals surface area contributed by atoms with Gasteiger partial charge in [0.25, 0.3) is 0 Å². The van der Waals surface area contributed by atoms with E-state index in [0.717, 1.165) is 27.8 Å². The zero-order valence-electron chi connectivity index (χ0n) is 13.3. The number of aliphatic hydroxyl groups is 2. The van der Waals surface area contributed by atoms with Gasteiger partial charge in [0.15, 0.2) is 0 Å². The standard InChI is InChI=1S/C20H21NO2/c1-13-3-7-15(8-4-13)19(22)17-11-18(21-12-17)20(23)16-9-5-14(2)6-10-16/h3-12,19-23H,1-2H3. The monoisotopic (exact) mass is 307 g/mol. The summed E-state index contributed by atoms with van der Waals surface area (Å²) in [4.78, 5) is 3.07. The molecule has 23 heavy (non-hydrogen) atoms. The van der Waals surface area contributed by atoms with Crippen molar-refractivity contribution in [1.29, 1.82) is 0 Å². The Hall–Kier alpha value is -2.36. The van der Waals surface area contributed by atoms with Crippen molar-refractivity contribution in [2.75, 3.05) is 0 Å². The first-order valence-corrected chi connectivity index (χ1v) is 7.72. The van der Waals surface area contributed by atoms with Crippen LogP contribution in [0.25, 0.3) is 0 Å². The van der Waals surface area contributed by atoms with Crippen LogP contribution in [0.3, 0.4) is 0 Å². The highest BCUT2D eigenvalue weighted by Gasteiger charge is 2.16. The van der Waals surface area contributed by atoms with Gasteiger partial charge in [0.1, 0.15) is 12.2 Å². The van der Waals surface area contributed by atoms with Crippen molar-refractivity contribution in [1.82, 2.24) is 4.98 Å². The second kappa shape index (κ2) is 6.41. The molecule has 1 heterocycles. The third-order valence-electron chi connectivity index (χ3n) is 4.12. The van der Waals surface area contributed by atoms with Crippen LogP contribution in [0.2, 0.25) is 0 Å². The highest BCUT2D eigenvalue weighted by atomic mass is 16.3. The number of nitrogens with one attached hydrogen (secondary N) is 1. The maximum absolute atomic E-state index is 10.5. The van der Waals surface area contributed by atoms with E-state index in [9.17, 15) is 10.2 Å². The van der Waals surface area contributed by atoms with Gasteiger partial charge in [0.05, 0.1) is 0 Å². The van der Waals surface area contributed by atoms with Crippen molar-refractivity contribution >= 4 is 0 Å². The van der Waals surface area contributed by atoms with Gasteiger partial charge in [0.2, 0.25) is 0 Å². The SMILES string of the molecule is Cc1ccc(C(O)c2c[nH]c(C(O)c3ccc(C)cc3)c2)cc1. The largest absolute Gasteiger partial charge is 0.384 e. The number of aliphatic hydroxyl groups excluding tert-OH is 2. The number of aromatic amines is 1. The molecule has 0 aliphatic rings. The molecule has 3 N–H and O–H groups in total. The smallest absolute Gasteiger partial charge is 0.119 e. The Bertz CT molecular complexity index is 706. The summed E-state index contributed by atoms with van der Waals surface area (Å²) in [6, 6.07) is 17.4. The van der Waals surface area contributed by atoms with E-state index in [2.05, 4.69) is 4.98 Å². The number of benzene rings is 2. The summed E-state index contributed by atoms with van der Waals surface area (Å²) < 4.78 is 0. The van der Waals surface area contributed by atoms with Crippen LogP contribution in [-0.2, 0) is 0 Å². The van der Waals surface area contributed by atoms with Gasteiger partial charge in [-0.05, 0) is 31.0 Å². The molecule has 0 radical (unpaired) electrons. The first-order chi connectivity index (χ1) is 11.0. The molecule has 0 aliphatic heterocycles. The molecule has 0 fully saturated rings. The van der Waals surface area contributed by atoms with Crippen LogP contribution in [0.1, 0.15) is 45.7 Å². The minimum absolute atomic E-state index is 0.676. The summed E-state index contributed by atoms with van der Waals surface area (Å²) in [5.41, 5.74) is 5.40. The molecule has 0 aliphatic carbocycles. The molecule has 0 amide bonds. The molecule has 3 rings (SSSR count). The van der Waals surface area contributed by atoms with Crippen LogP contribution in [0.4, 0.5) is 0 Å². The quantitative estimate of drug-likeness (QED) is 0.687. The van der Waals surface area contributed by atoms with Crippen LogP contribution >= 0.6 is 0 Å². The van der Waals surface area contributed by atoms with E-state index in [1.807, 2.05) is 68.4 Å². The molecular weight excluding hydrogens is 286 g/mol. The van der Waals surface area contributed by atoms with E-state index in [4.69, 9.17) is 0 Å².